The quantitative estimate of drug-likeness (QED) is 0.569. The molecule has 0 spiro atoms. The molecule has 0 saturated carbocycles. The Morgan fingerprint density at radius 3 is 2.44 bits per heavy atom. The lowest BCUT2D eigenvalue weighted by atomic mass is 10.0. The number of thioether (sulfide) groups is 2. The fraction of sp³-hybridized carbons (Fsp3) is 0.714. The largest absolute Gasteiger partial charge is 0.379 e. The van der Waals surface area contributed by atoms with Crippen LogP contribution in [-0.2, 0) is 14.3 Å². The Hall–Kier alpha value is -0.880. The van der Waals surface area contributed by atoms with Gasteiger partial charge in [0.15, 0.2) is 8.68 Å². The number of primary amides is 1. The number of nitrogens with two attached hydrogens (primary N) is 1. The van der Waals surface area contributed by atoms with Gasteiger partial charge in [-0.05, 0) is 13.8 Å². The summed E-state index contributed by atoms with van der Waals surface area (Å²) in [5.41, 5.74) is 4.99. The Balaban J connectivity index is 1.70. The van der Waals surface area contributed by atoms with Crippen molar-refractivity contribution in [2.24, 2.45) is 5.73 Å². The van der Waals surface area contributed by atoms with Crippen LogP contribution in [0.15, 0.2) is 8.68 Å². The molecule has 0 radical (unpaired) electrons. The van der Waals surface area contributed by atoms with Gasteiger partial charge in [-0.3, -0.25) is 14.5 Å². The average Bonchev–Trinajstić information content (AvgIpc) is 3.05. The zero-order valence-corrected chi connectivity index (χ0v) is 16.8. The van der Waals surface area contributed by atoms with Crippen molar-refractivity contribution in [2.45, 2.75) is 28.1 Å². The van der Waals surface area contributed by atoms with Crippen LogP contribution in [0.3, 0.4) is 0 Å². The second-order valence-corrected chi connectivity index (χ2v) is 9.49. The van der Waals surface area contributed by atoms with E-state index in [-0.39, 0.29) is 23.0 Å². The van der Waals surface area contributed by atoms with E-state index in [9.17, 15) is 9.59 Å². The molecule has 0 unspecified atom stereocenters. The van der Waals surface area contributed by atoms with E-state index in [1.807, 2.05) is 0 Å². The number of ether oxygens (including phenoxy) is 1. The average molecular weight is 406 g/mol. The van der Waals surface area contributed by atoms with Gasteiger partial charge in [0.2, 0.25) is 11.8 Å². The predicted molar refractivity (Wildman–Crippen MR) is 100 cm³/mol. The van der Waals surface area contributed by atoms with Gasteiger partial charge in [-0.15, -0.1) is 10.2 Å². The topological polar surface area (TPSA) is 110 Å². The molecule has 2 amide bonds. The van der Waals surface area contributed by atoms with Crippen molar-refractivity contribution in [3.8, 4) is 0 Å². The monoisotopic (exact) mass is 405 g/mol. The van der Waals surface area contributed by atoms with E-state index < -0.39 is 5.91 Å². The van der Waals surface area contributed by atoms with Gasteiger partial charge < -0.3 is 15.8 Å². The van der Waals surface area contributed by atoms with E-state index in [0.717, 1.165) is 26.3 Å². The standard InChI is InChI=1S/C14H23N5O3S3/c1-14(2,19-3-5-22-6-4-19)9-16-11(21)8-24-13-18-17-12(25-13)23-7-10(15)20/h3-9H2,1-2H3,(H2,15,20)(H,16,21). The molecule has 1 aromatic rings. The molecule has 1 fully saturated rings. The zero-order chi connectivity index (χ0) is 18.3. The number of nitrogens with one attached hydrogen (secondary N) is 1. The number of carbonyl (C=O) groups is 2. The summed E-state index contributed by atoms with van der Waals surface area (Å²) in [4.78, 5) is 25.2. The molecule has 1 saturated heterocycles. The first-order valence-electron chi connectivity index (χ1n) is 7.84. The van der Waals surface area contributed by atoms with Gasteiger partial charge in [0.25, 0.3) is 0 Å². The minimum atomic E-state index is -0.392. The van der Waals surface area contributed by atoms with Crippen LogP contribution in [-0.4, -0.2) is 76.8 Å². The first-order valence-corrected chi connectivity index (χ1v) is 10.6. The Bertz CT molecular complexity index is 590. The summed E-state index contributed by atoms with van der Waals surface area (Å²) in [5.74, 6) is 0.0367. The van der Waals surface area contributed by atoms with E-state index in [0.29, 0.717) is 15.2 Å². The Morgan fingerprint density at radius 1 is 1.24 bits per heavy atom. The Labute approximate surface area is 159 Å². The van der Waals surface area contributed by atoms with E-state index in [1.54, 1.807) is 0 Å². The van der Waals surface area contributed by atoms with E-state index in [2.05, 4.69) is 34.3 Å². The number of nitrogens with zero attached hydrogens (tertiary/aromatic N) is 3. The molecule has 2 heterocycles. The van der Waals surface area contributed by atoms with Crippen LogP contribution in [0.25, 0.3) is 0 Å². The van der Waals surface area contributed by atoms with Crippen LogP contribution in [0.5, 0.6) is 0 Å². The lowest BCUT2D eigenvalue weighted by molar-refractivity contribution is -0.119. The number of aromatic nitrogens is 2. The van der Waals surface area contributed by atoms with E-state index >= 15 is 0 Å². The highest BCUT2D eigenvalue weighted by Crippen LogP contribution is 2.28. The van der Waals surface area contributed by atoms with Crippen LogP contribution in [0.2, 0.25) is 0 Å². The molecule has 1 aromatic heterocycles. The van der Waals surface area contributed by atoms with E-state index in [4.69, 9.17) is 10.5 Å². The normalized spacial score (nSPS) is 15.9. The fourth-order valence-electron chi connectivity index (χ4n) is 2.22. The number of amides is 2. The van der Waals surface area contributed by atoms with Crippen molar-refractivity contribution in [1.82, 2.24) is 20.4 Å². The number of morpholine rings is 1. The first-order chi connectivity index (χ1) is 11.9. The van der Waals surface area contributed by atoms with Crippen LogP contribution >= 0.6 is 34.9 Å². The van der Waals surface area contributed by atoms with Gasteiger partial charge in [0, 0.05) is 25.2 Å². The number of hydrogen-bond donors (Lipinski definition) is 2. The Morgan fingerprint density at radius 2 is 1.84 bits per heavy atom. The maximum atomic E-state index is 12.1. The highest BCUT2D eigenvalue weighted by molar-refractivity contribution is 8.03. The second kappa shape index (κ2) is 9.72. The maximum Gasteiger partial charge on any atom is 0.230 e. The molecule has 25 heavy (non-hydrogen) atoms. The molecule has 3 N–H and O–H groups in total. The van der Waals surface area contributed by atoms with E-state index in [1.165, 1.54) is 34.9 Å². The summed E-state index contributed by atoms with van der Waals surface area (Å²) in [7, 11) is 0. The Kier molecular flexibility index (Phi) is 7.94. The lowest BCUT2D eigenvalue weighted by Crippen LogP contribution is -2.55. The summed E-state index contributed by atoms with van der Waals surface area (Å²) in [6.07, 6.45) is 0. The molecule has 2 rings (SSSR count). The maximum absolute atomic E-state index is 12.1. The third-order valence-electron chi connectivity index (χ3n) is 3.64. The molecule has 0 bridgehead atoms. The molecular formula is C14H23N5O3S3. The van der Waals surface area contributed by atoms with Crippen LogP contribution in [0.4, 0.5) is 0 Å². The van der Waals surface area contributed by atoms with Crippen LogP contribution < -0.4 is 11.1 Å². The van der Waals surface area contributed by atoms with Crippen molar-refractivity contribution >= 4 is 46.7 Å². The SMILES string of the molecule is CC(C)(CNC(=O)CSc1nnc(SCC(N)=O)s1)N1CCOCC1. The molecular weight excluding hydrogens is 382 g/mol. The number of carbonyl (C=O) groups excluding carboxylic acids is 2. The van der Waals surface area contributed by atoms with Crippen molar-refractivity contribution < 1.29 is 14.3 Å². The molecule has 140 valence electrons. The van der Waals surface area contributed by atoms with Gasteiger partial charge >= 0.3 is 0 Å². The van der Waals surface area contributed by atoms with Gasteiger partial charge in [-0.25, -0.2) is 0 Å². The summed E-state index contributed by atoms with van der Waals surface area (Å²) in [5, 5.41) is 11.0. The molecule has 0 atom stereocenters. The van der Waals surface area contributed by atoms with Gasteiger partial charge in [0.1, 0.15) is 0 Å². The zero-order valence-electron chi connectivity index (χ0n) is 14.3. The van der Waals surface area contributed by atoms with Gasteiger partial charge in [-0.2, -0.15) is 0 Å². The van der Waals surface area contributed by atoms with Gasteiger partial charge in [0.05, 0.1) is 24.7 Å². The van der Waals surface area contributed by atoms with Crippen molar-refractivity contribution in [1.29, 1.82) is 0 Å². The summed E-state index contributed by atoms with van der Waals surface area (Å²) < 4.78 is 6.75. The fourth-order valence-corrected chi connectivity index (χ4v) is 4.81. The second-order valence-electron chi connectivity index (χ2n) is 6.07. The highest BCUT2D eigenvalue weighted by Gasteiger charge is 2.28. The minimum Gasteiger partial charge on any atom is -0.379 e. The predicted octanol–water partition coefficient (Wildman–Crippen LogP) is 0.435. The van der Waals surface area contributed by atoms with Crippen molar-refractivity contribution in [2.75, 3.05) is 44.4 Å². The first kappa shape index (κ1) is 20.4. The molecule has 0 aliphatic carbocycles. The molecule has 1 aliphatic rings. The summed E-state index contributed by atoms with van der Waals surface area (Å²) in [6, 6.07) is 0. The molecule has 8 nitrogen and oxygen atoms in total. The summed E-state index contributed by atoms with van der Waals surface area (Å²) in [6.45, 7) is 8.07. The van der Waals surface area contributed by atoms with Crippen LogP contribution in [0, 0.1) is 0 Å². The number of rotatable bonds is 9. The molecule has 11 heteroatoms. The minimum absolute atomic E-state index is 0.0344. The number of hydrogen-bond acceptors (Lipinski definition) is 9. The van der Waals surface area contributed by atoms with Gasteiger partial charge in [-0.1, -0.05) is 34.9 Å². The van der Waals surface area contributed by atoms with Crippen LogP contribution in [0.1, 0.15) is 13.8 Å². The molecule has 1 aliphatic heterocycles. The smallest absolute Gasteiger partial charge is 0.230 e. The third kappa shape index (κ3) is 7.10. The third-order valence-corrected chi connectivity index (χ3v) is 6.85. The van der Waals surface area contributed by atoms with Crippen molar-refractivity contribution in [3.05, 3.63) is 0 Å². The highest BCUT2D eigenvalue weighted by atomic mass is 32.2. The lowest BCUT2D eigenvalue weighted by Gasteiger charge is -2.40. The summed E-state index contributed by atoms with van der Waals surface area (Å²) >= 11 is 3.95. The molecule has 0 aromatic carbocycles. The van der Waals surface area contributed by atoms with Crippen molar-refractivity contribution in [3.63, 3.8) is 0 Å².